The molecule has 3 aliphatic carbocycles. The molecule has 16 rings (SSSR count). The summed E-state index contributed by atoms with van der Waals surface area (Å²) < 4.78 is 0. The predicted molar refractivity (Wildman–Crippen MR) is 335 cm³/mol. The van der Waals surface area contributed by atoms with Crippen molar-refractivity contribution in [2.75, 3.05) is 0 Å². The summed E-state index contributed by atoms with van der Waals surface area (Å²) in [6, 6.07) is 86.2. The quantitative estimate of drug-likeness (QED) is 0.146. The van der Waals surface area contributed by atoms with E-state index in [0.29, 0.717) is 0 Å². The minimum Gasteiger partial charge on any atom is -0.0836 e. The van der Waals surface area contributed by atoms with Gasteiger partial charge in [0, 0.05) is 0 Å². The average Bonchev–Trinajstić information content (AvgIpc) is 3.68. The minimum absolute atomic E-state index is 0.998. The molecule has 0 unspecified atom stereocenters. The topological polar surface area (TPSA) is 0 Å². The molecule has 0 saturated heterocycles. The minimum atomic E-state index is 0.998. The summed E-state index contributed by atoms with van der Waals surface area (Å²) >= 11 is 0. The van der Waals surface area contributed by atoms with Gasteiger partial charge in [-0.3, -0.25) is 0 Å². The number of benzene rings is 13. The van der Waals surface area contributed by atoms with Crippen LogP contribution in [0.5, 0.6) is 0 Å². The van der Waals surface area contributed by atoms with Gasteiger partial charge < -0.3 is 0 Å². The monoisotopic (exact) mass is 990 g/mol. The molecule has 0 heterocycles. The number of fused-ring (bicyclic) bond motifs is 12. The first kappa shape index (κ1) is 44.9. The summed E-state index contributed by atoms with van der Waals surface area (Å²) in [6.45, 7) is 0. The molecule has 0 amide bonds. The Labute approximate surface area is 455 Å². The van der Waals surface area contributed by atoms with Gasteiger partial charge in [-0.05, 0) is 240 Å². The van der Waals surface area contributed by atoms with Crippen molar-refractivity contribution in [3.8, 4) is 55.6 Å². The predicted octanol–water partition coefficient (Wildman–Crippen LogP) is 21.2. The summed E-state index contributed by atoms with van der Waals surface area (Å²) in [7, 11) is 0. The van der Waals surface area contributed by atoms with Gasteiger partial charge in [0.1, 0.15) is 0 Å². The fourth-order valence-electron chi connectivity index (χ4n) is 14.0. The largest absolute Gasteiger partial charge is 0.0836 e. The fraction of sp³-hybridized carbons (Fsp3) is 0.0769. The van der Waals surface area contributed by atoms with Crippen molar-refractivity contribution in [1.82, 2.24) is 0 Å². The number of hydrogen-bond acceptors (Lipinski definition) is 0. The normalized spacial score (nSPS) is 13.8. The molecule has 0 spiro atoms. The van der Waals surface area contributed by atoms with E-state index in [1.54, 1.807) is 0 Å². The highest BCUT2D eigenvalue weighted by Gasteiger charge is 2.26. The van der Waals surface area contributed by atoms with Crippen molar-refractivity contribution < 1.29 is 0 Å². The van der Waals surface area contributed by atoms with Crippen LogP contribution in [-0.2, 0) is 19.3 Å². The molecular weight excluding hydrogens is 937 g/mol. The Morgan fingerprint density at radius 2 is 0.538 bits per heavy atom. The molecule has 0 aliphatic heterocycles. The van der Waals surface area contributed by atoms with Crippen LogP contribution in [0.3, 0.4) is 0 Å². The average molecular weight is 991 g/mol. The van der Waals surface area contributed by atoms with Crippen molar-refractivity contribution in [3.63, 3.8) is 0 Å². The van der Waals surface area contributed by atoms with Gasteiger partial charge >= 0.3 is 0 Å². The van der Waals surface area contributed by atoms with Crippen molar-refractivity contribution in [1.29, 1.82) is 0 Å². The van der Waals surface area contributed by atoms with Crippen LogP contribution >= 0.6 is 0 Å². The van der Waals surface area contributed by atoms with Crippen LogP contribution in [0.4, 0.5) is 0 Å². The van der Waals surface area contributed by atoms with Gasteiger partial charge in [0.2, 0.25) is 0 Å². The Morgan fingerprint density at radius 1 is 0.218 bits per heavy atom. The maximum Gasteiger partial charge on any atom is -0.00921 e. The van der Waals surface area contributed by atoms with Gasteiger partial charge in [0.15, 0.2) is 0 Å². The molecule has 0 fully saturated rings. The zero-order chi connectivity index (χ0) is 51.3. The lowest BCUT2D eigenvalue weighted by Crippen LogP contribution is -2.03. The Kier molecular flexibility index (Phi) is 10.4. The lowest BCUT2D eigenvalue weighted by molar-refractivity contribution is 0.978. The van der Waals surface area contributed by atoms with E-state index in [0.717, 1.165) is 38.5 Å². The molecule has 13 aromatic rings. The Balaban J connectivity index is 1.13. The molecule has 13 aromatic carbocycles. The molecular formula is C78H54. The van der Waals surface area contributed by atoms with Crippen LogP contribution < -0.4 is 0 Å². The summed E-state index contributed by atoms with van der Waals surface area (Å²) in [6.07, 6.45) is 18.3. The molecule has 3 aliphatic rings. The van der Waals surface area contributed by atoms with Crippen molar-refractivity contribution in [3.05, 3.63) is 282 Å². The first-order chi connectivity index (χ1) is 38.7. The third-order valence-electron chi connectivity index (χ3n) is 17.6. The van der Waals surface area contributed by atoms with Crippen molar-refractivity contribution in [2.45, 2.75) is 38.5 Å². The van der Waals surface area contributed by atoms with E-state index in [4.69, 9.17) is 0 Å². The van der Waals surface area contributed by atoms with Crippen molar-refractivity contribution >= 4 is 82.4 Å². The van der Waals surface area contributed by atoms with Crippen LogP contribution in [-0.4, -0.2) is 0 Å². The zero-order valence-electron chi connectivity index (χ0n) is 43.5. The van der Waals surface area contributed by atoms with Gasteiger partial charge in [-0.2, -0.15) is 0 Å². The van der Waals surface area contributed by atoms with Gasteiger partial charge in [0.25, 0.3) is 0 Å². The Morgan fingerprint density at radius 3 is 1.01 bits per heavy atom. The first-order valence-electron chi connectivity index (χ1n) is 28.1. The summed E-state index contributed by atoms with van der Waals surface area (Å²) in [5.41, 5.74) is 23.4. The molecule has 0 N–H and O–H groups in total. The third-order valence-corrected chi connectivity index (χ3v) is 17.6. The maximum atomic E-state index is 2.60. The number of allylic oxidation sites excluding steroid dienone is 3. The van der Waals surface area contributed by atoms with E-state index >= 15 is 0 Å². The molecule has 0 heteroatoms. The highest BCUT2D eigenvalue weighted by atomic mass is 14.3. The lowest BCUT2D eigenvalue weighted by Gasteiger charge is -2.25. The number of rotatable bonds is 6. The third kappa shape index (κ3) is 7.13. The van der Waals surface area contributed by atoms with E-state index in [2.05, 4.69) is 255 Å². The van der Waals surface area contributed by atoms with Gasteiger partial charge in [-0.15, -0.1) is 0 Å². The number of hydrogen-bond donors (Lipinski definition) is 0. The molecule has 366 valence electrons. The standard InChI is InChI=1S/C78H54/c1-7-31-55-49(19-1)25-13-37-61(55)67-43-73-74(44-68(67)62-38-14-26-50-20-2-8-32-56(50)62)76-46-70(64-40-16-28-52-22-4-10-34-58(52)64)72(66-42-18-30-54-24-6-12-36-60(54)66)48-78(76)77-47-71(65-41-17-29-53-23-5-11-35-59(53)65)69(45-75(73)77)63-39-15-27-51-21-3-9-33-57(51)63/h1-4,7-13,15-22,25,27-48H,5-6,14,23-24,26H2. The lowest BCUT2D eigenvalue weighted by atomic mass is 9.78. The maximum absolute atomic E-state index is 2.60. The van der Waals surface area contributed by atoms with Crippen LogP contribution in [0.2, 0.25) is 0 Å². The summed E-state index contributed by atoms with van der Waals surface area (Å²) in [5.74, 6) is 0. The Bertz CT molecular complexity index is 4770. The van der Waals surface area contributed by atoms with Crippen LogP contribution in [0, 0.1) is 0 Å². The van der Waals surface area contributed by atoms with Crippen LogP contribution in [0.15, 0.2) is 243 Å². The first-order valence-corrected chi connectivity index (χ1v) is 28.1. The second-order valence-corrected chi connectivity index (χ2v) is 21.9. The highest BCUT2D eigenvalue weighted by molar-refractivity contribution is 6.30. The van der Waals surface area contributed by atoms with Crippen LogP contribution in [0.25, 0.3) is 138 Å². The molecule has 0 bridgehead atoms. The van der Waals surface area contributed by atoms with Gasteiger partial charge in [-0.1, -0.05) is 218 Å². The smallest absolute Gasteiger partial charge is 0.00921 e. The fourth-order valence-corrected chi connectivity index (χ4v) is 14.0. The Hall–Kier alpha value is -9.36. The molecule has 0 nitrogen and oxygen atoms in total. The second-order valence-electron chi connectivity index (χ2n) is 21.9. The molecule has 0 radical (unpaired) electrons. The van der Waals surface area contributed by atoms with Crippen molar-refractivity contribution in [2.24, 2.45) is 0 Å². The highest BCUT2D eigenvalue weighted by Crippen LogP contribution is 2.51. The van der Waals surface area contributed by atoms with Crippen LogP contribution in [0.1, 0.15) is 58.2 Å². The zero-order valence-corrected chi connectivity index (χ0v) is 43.5. The van der Waals surface area contributed by atoms with E-state index in [9.17, 15) is 0 Å². The SMILES string of the molecule is C1=Cc2c(cccc2-c2cc3c4cc(-c5cccc6c5C=CCC6)c(-c5cccc6ccccc56)cc4c4cc(-c5cccc6ccccc56)c(C5=CCCc6ccccc65)cc4c3cc2-c2cccc3ccccc23)CC1. The molecule has 78 heavy (non-hydrogen) atoms. The molecule has 0 atom stereocenters. The van der Waals surface area contributed by atoms with Gasteiger partial charge in [0.05, 0.1) is 0 Å². The molecule has 0 aromatic heterocycles. The van der Waals surface area contributed by atoms with E-state index in [-0.39, 0.29) is 0 Å². The van der Waals surface area contributed by atoms with E-state index in [1.165, 1.54) is 165 Å². The summed E-state index contributed by atoms with van der Waals surface area (Å²) in [5, 5.41) is 15.1. The second kappa shape index (κ2) is 18.2. The summed E-state index contributed by atoms with van der Waals surface area (Å²) in [4.78, 5) is 0. The van der Waals surface area contributed by atoms with E-state index < -0.39 is 0 Å². The van der Waals surface area contributed by atoms with Gasteiger partial charge in [-0.25, -0.2) is 0 Å². The van der Waals surface area contributed by atoms with E-state index in [1.807, 2.05) is 0 Å². The molecule has 0 saturated carbocycles. The number of aryl methyl sites for hydroxylation is 3.